The van der Waals surface area contributed by atoms with Gasteiger partial charge in [0.1, 0.15) is 12.0 Å². The molecule has 0 aliphatic carbocycles. The van der Waals surface area contributed by atoms with Crippen LogP contribution in [0.25, 0.3) is 0 Å². The fraction of sp³-hybridized carbons (Fsp3) is 0.238. The fourth-order valence-electron chi connectivity index (χ4n) is 2.85. The SMILES string of the molecule is COc1ccc(CCNc2ncnc(Nc3cc(Cl)ccc3C)c2N)cc1OC. The number of hydrogen-bond acceptors (Lipinski definition) is 7. The van der Waals surface area contributed by atoms with Gasteiger partial charge in [-0.2, -0.15) is 0 Å². The number of rotatable bonds is 8. The number of nitrogens with two attached hydrogens (primary N) is 1. The Morgan fingerprint density at radius 2 is 1.76 bits per heavy atom. The molecular weight excluding hydrogens is 390 g/mol. The highest BCUT2D eigenvalue weighted by molar-refractivity contribution is 6.30. The zero-order valence-corrected chi connectivity index (χ0v) is 17.4. The highest BCUT2D eigenvalue weighted by Gasteiger charge is 2.10. The van der Waals surface area contributed by atoms with Crippen molar-refractivity contribution < 1.29 is 9.47 Å². The van der Waals surface area contributed by atoms with Gasteiger partial charge in [0, 0.05) is 17.3 Å². The Bertz CT molecular complexity index is 997. The van der Waals surface area contributed by atoms with Gasteiger partial charge in [0.2, 0.25) is 0 Å². The van der Waals surface area contributed by atoms with Crippen LogP contribution < -0.4 is 25.8 Å². The van der Waals surface area contributed by atoms with E-state index in [1.165, 1.54) is 6.33 Å². The zero-order valence-electron chi connectivity index (χ0n) is 16.6. The molecule has 0 aliphatic rings. The van der Waals surface area contributed by atoms with Gasteiger partial charge in [-0.1, -0.05) is 23.7 Å². The standard InChI is InChI=1S/C21H24ClN5O2/c1-13-4-6-15(22)11-16(13)27-21-19(23)20(25-12-26-21)24-9-8-14-5-7-17(28-2)18(10-14)29-3/h4-7,10-12H,8-9,23H2,1-3H3,(H2,24,25,26,27). The smallest absolute Gasteiger partial charge is 0.160 e. The van der Waals surface area contributed by atoms with E-state index in [1.54, 1.807) is 14.2 Å². The average Bonchev–Trinajstić information content (AvgIpc) is 2.73. The van der Waals surface area contributed by atoms with Crippen molar-refractivity contribution in [2.75, 3.05) is 37.1 Å². The van der Waals surface area contributed by atoms with Crippen LogP contribution in [0, 0.1) is 6.92 Å². The molecule has 29 heavy (non-hydrogen) atoms. The molecule has 0 saturated carbocycles. The van der Waals surface area contributed by atoms with Crippen molar-refractivity contribution in [3.05, 3.63) is 58.9 Å². The van der Waals surface area contributed by atoms with Crippen molar-refractivity contribution >= 4 is 34.6 Å². The molecule has 0 unspecified atom stereocenters. The van der Waals surface area contributed by atoms with Gasteiger partial charge in [-0.15, -0.1) is 0 Å². The second-order valence-electron chi connectivity index (χ2n) is 6.43. The van der Waals surface area contributed by atoms with E-state index in [0.29, 0.717) is 40.4 Å². The quantitative estimate of drug-likeness (QED) is 0.502. The fourth-order valence-corrected chi connectivity index (χ4v) is 3.03. The lowest BCUT2D eigenvalue weighted by molar-refractivity contribution is 0.354. The molecule has 3 rings (SSSR count). The Hall–Kier alpha value is -3.19. The van der Waals surface area contributed by atoms with E-state index >= 15 is 0 Å². The number of halogens is 1. The molecule has 8 heteroatoms. The highest BCUT2D eigenvalue weighted by Crippen LogP contribution is 2.30. The molecule has 0 bridgehead atoms. The number of nitrogen functional groups attached to an aromatic ring is 1. The molecule has 7 nitrogen and oxygen atoms in total. The minimum absolute atomic E-state index is 0.444. The monoisotopic (exact) mass is 413 g/mol. The molecule has 0 saturated heterocycles. The molecule has 1 heterocycles. The Morgan fingerprint density at radius 3 is 2.52 bits per heavy atom. The van der Waals surface area contributed by atoms with Crippen molar-refractivity contribution in [1.82, 2.24) is 9.97 Å². The third kappa shape index (κ3) is 5.00. The Labute approximate surface area is 175 Å². The number of aromatic nitrogens is 2. The number of nitrogens with one attached hydrogen (secondary N) is 2. The Balaban J connectivity index is 1.68. The summed E-state index contributed by atoms with van der Waals surface area (Å²) in [6.45, 7) is 2.63. The van der Waals surface area contributed by atoms with Crippen LogP contribution in [0.3, 0.4) is 0 Å². The first-order valence-electron chi connectivity index (χ1n) is 9.10. The summed E-state index contributed by atoms with van der Waals surface area (Å²) in [4.78, 5) is 8.51. The molecule has 3 aromatic rings. The molecule has 0 amide bonds. The van der Waals surface area contributed by atoms with Crippen LogP contribution in [0.5, 0.6) is 11.5 Å². The van der Waals surface area contributed by atoms with Crippen LogP contribution in [-0.2, 0) is 6.42 Å². The van der Waals surface area contributed by atoms with E-state index < -0.39 is 0 Å². The third-order valence-electron chi connectivity index (χ3n) is 4.49. The van der Waals surface area contributed by atoms with Crippen LogP contribution >= 0.6 is 11.6 Å². The summed E-state index contributed by atoms with van der Waals surface area (Å²) >= 11 is 6.09. The van der Waals surface area contributed by atoms with Crippen molar-refractivity contribution in [2.45, 2.75) is 13.3 Å². The van der Waals surface area contributed by atoms with E-state index in [0.717, 1.165) is 23.2 Å². The molecule has 1 aromatic heterocycles. The number of hydrogen-bond donors (Lipinski definition) is 3. The first kappa shape index (κ1) is 20.5. The summed E-state index contributed by atoms with van der Waals surface area (Å²) in [5, 5.41) is 7.13. The van der Waals surface area contributed by atoms with Crippen LogP contribution in [0.15, 0.2) is 42.7 Å². The molecule has 0 spiro atoms. The van der Waals surface area contributed by atoms with Crippen LogP contribution in [-0.4, -0.2) is 30.7 Å². The topological polar surface area (TPSA) is 94.3 Å². The summed E-state index contributed by atoms with van der Waals surface area (Å²) in [6, 6.07) is 11.5. The summed E-state index contributed by atoms with van der Waals surface area (Å²) in [5.41, 5.74) is 9.70. The largest absolute Gasteiger partial charge is 0.493 e. The van der Waals surface area contributed by atoms with Gasteiger partial charge in [-0.05, 0) is 48.7 Å². The molecule has 0 atom stereocenters. The van der Waals surface area contributed by atoms with Gasteiger partial charge in [-0.3, -0.25) is 0 Å². The van der Waals surface area contributed by atoms with Crippen molar-refractivity contribution in [1.29, 1.82) is 0 Å². The second kappa shape index (κ2) is 9.34. The molecule has 0 aliphatic heterocycles. The minimum Gasteiger partial charge on any atom is -0.493 e. The van der Waals surface area contributed by atoms with Crippen LogP contribution in [0.2, 0.25) is 5.02 Å². The Kier molecular flexibility index (Phi) is 6.61. The predicted molar refractivity (Wildman–Crippen MR) is 118 cm³/mol. The highest BCUT2D eigenvalue weighted by atomic mass is 35.5. The van der Waals surface area contributed by atoms with E-state index in [9.17, 15) is 0 Å². The Morgan fingerprint density at radius 1 is 1.00 bits per heavy atom. The van der Waals surface area contributed by atoms with Gasteiger partial charge in [-0.25, -0.2) is 9.97 Å². The lowest BCUT2D eigenvalue weighted by atomic mass is 10.1. The van der Waals surface area contributed by atoms with Gasteiger partial charge in [0.15, 0.2) is 23.1 Å². The lowest BCUT2D eigenvalue weighted by Crippen LogP contribution is -2.11. The summed E-state index contributed by atoms with van der Waals surface area (Å²) in [7, 11) is 3.24. The summed E-state index contributed by atoms with van der Waals surface area (Å²) in [6.07, 6.45) is 2.23. The maximum Gasteiger partial charge on any atom is 0.160 e. The summed E-state index contributed by atoms with van der Waals surface area (Å²) in [5.74, 6) is 2.51. The van der Waals surface area contributed by atoms with Gasteiger partial charge in [0.05, 0.1) is 14.2 Å². The van der Waals surface area contributed by atoms with Crippen LogP contribution in [0.1, 0.15) is 11.1 Å². The van der Waals surface area contributed by atoms with Gasteiger partial charge >= 0.3 is 0 Å². The molecule has 0 fully saturated rings. The number of methoxy groups -OCH3 is 2. The maximum absolute atomic E-state index is 6.26. The van der Waals surface area contributed by atoms with Gasteiger partial charge < -0.3 is 25.8 Å². The first-order chi connectivity index (χ1) is 14.0. The molecule has 0 radical (unpaired) electrons. The third-order valence-corrected chi connectivity index (χ3v) is 4.73. The number of benzene rings is 2. The molecule has 2 aromatic carbocycles. The number of anilines is 4. The molecule has 4 N–H and O–H groups in total. The lowest BCUT2D eigenvalue weighted by Gasteiger charge is -2.14. The normalized spacial score (nSPS) is 10.5. The van der Waals surface area contributed by atoms with Crippen molar-refractivity contribution in [3.8, 4) is 11.5 Å². The number of nitrogens with zero attached hydrogens (tertiary/aromatic N) is 2. The number of ether oxygens (including phenoxy) is 2. The minimum atomic E-state index is 0.444. The van der Waals surface area contributed by atoms with E-state index in [1.807, 2.05) is 43.3 Å². The van der Waals surface area contributed by atoms with E-state index in [4.69, 9.17) is 26.8 Å². The second-order valence-corrected chi connectivity index (χ2v) is 6.87. The van der Waals surface area contributed by atoms with Crippen LogP contribution in [0.4, 0.5) is 23.0 Å². The van der Waals surface area contributed by atoms with E-state index in [-0.39, 0.29) is 0 Å². The van der Waals surface area contributed by atoms with Gasteiger partial charge in [0.25, 0.3) is 0 Å². The maximum atomic E-state index is 6.26. The molecular formula is C21H24ClN5O2. The summed E-state index contributed by atoms with van der Waals surface area (Å²) < 4.78 is 10.6. The van der Waals surface area contributed by atoms with Crippen molar-refractivity contribution in [2.24, 2.45) is 0 Å². The average molecular weight is 414 g/mol. The van der Waals surface area contributed by atoms with E-state index in [2.05, 4.69) is 20.6 Å². The zero-order chi connectivity index (χ0) is 20.8. The first-order valence-corrected chi connectivity index (χ1v) is 9.48. The van der Waals surface area contributed by atoms with Crippen molar-refractivity contribution in [3.63, 3.8) is 0 Å². The molecule has 152 valence electrons. The number of aryl methyl sites for hydroxylation is 1. The predicted octanol–water partition coefficient (Wildman–Crippen LogP) is 4.44.